The quantitative estimate of drug-likeness (QED) is 0.389. The molecule has 0 bridgehead atoms. The first-order valence-corrected chi connectivity index (χ1v) is 12.0. The predicted molar refractivity (Wildman–Crippen MR) is 134 cm³/mol. The number of alkyl halides is 3. The Morgan fingerprint density at radius 2 is 1.89 bits per heavy atom. The van der Waals surface area contributed by atoms with Crippen molar-refractivity contribution in [2.75, 3.05) is 38.7 Å². The molecule has 0 atom stereocenters. The number of ether oxygens (including phenoxy) is 2. The molecule has 7 nitrogen and oxygen atoms in total. The lowest BCUT2D eigenvalue weighted by Crippen LogP contribution is -2.46. The highest BCUT2D eigenvalue weighted by Gasteiger charge is 2.32. The molecule has 1 saturated heterocycles. The summed E-state index contributed by atoms with van der Waals surface area (Å²) in [7, 11) is 1.94. The van der Waals surface area contributed by atoms with Crippen molar-refractivity contribution < 1.29 is 31.8 Å². The maximum atomic E-state index is 14.9. The fraction of sp³-hybridized carbons (Fsp3) is 0.333. The zero-order valence-corrected chi connectivity index (χ0v) is 20.8. The van der Waals surface area contributed by atoms with E-state index in [4.69, 9.17) is 9.47 Å². The third-order valence-corrected chi connectivity index (χ3v) is 6.04. The highest BCUT2D eigenvalue weighted by atomic mass is 19.4. The van der Waals surface area contributed by atoms with E-state index in [-0.39, 0.29) is 40.8 Å². The van der Waals surface area contributed by atoms with Gasteiger partial charge in [-0.05, 0) is 43.3 Å². The average Bonchev–Trinajstić information content (AvgIpc) is 2.82. The van der Waals surface area contributed by atoms with Crippen LogP contribution in [0.3, 0.4) is 0 Å². The molecule has 3 aromatic rings. The monoisotopic (exact) mass is 533 g/mol. The van der Waals surface area contributed by atoms with E-state index in [1.54, 1.807) is 13.0 Å². The number of rotatable bonds is 9. The highest BCUT2D eigenvalue weighted by Crippen LogP contribution is 2.35. The average molecular weight is 534 g/mol. The minimum Gasteiger partial charge on any atom is -0.493 e. The molecule has 11 heteroatoms. The van der Waals surface area contributed by atoms with Crippen LogP contribution in [0.5, 0.6) is 11.5 Å². The van der Waals surface area contributed by atoms with Gasteiger partial charge in [0.05, 0.1) is 25.2 Å². The van der Waals surface area contributed by atoms with E-state index >= 15 is 0 Å². The molecule has 1 amide bonds. The van der Waals surface area contributed by atoms with Gasteiger partial charge in [-0.3, -0.25) is 9.59 Å². The van der Waals surface area contributed by atoms with E-state index in [1.807, 2.05) is 7.05 Å². The van der Waals surface area contributed by atoms with Gasteiger partial charge in [0, 0.05) is 48.6 Å². The first kappa shape index (κ1) is 27.2. The van der Waals surface area contributed by atoms with E-state index in [0.717, 1.165) is 25.2 Å². The fourth-order valence-electron chi connectivity index (χ4n) is 4.26. The van der Waals surface area contributed by atoms with E-state index in [9.17, 15) is 27.2 Å². The Morgan fingerprint density at radius 3 is 2.55 bits per heavy atom. The van der Waals surface area contributed by atoms with Crippen LogP contribution in [0, 0.1) is 11.7 Å². The third-order valence-electron chi connectivity index (χ3n) is 6.04. The Kier molecular flexibility index (Phi) is 8.05. The van der Waals surface area contributed by atoms with Gasteiger partial charge in [0.15, 0.2) is 0 Å². The molecule has 2 aromatic carbocycles. The molecule has 0 saturated carbocycles. The molecule has 2 N–H and O–H groups in total. The minimum absolute atomic E-state index is 0.00813. The number of amides is 1. The van der Waals surface area contributed by atoms with Crippen LogP contribution in [0.15, 0.2) is 53.5 Å². The van der Waals surface area contributed by atoms with E-state index in [1.165, 1.54) is 30.5 Å². The van der Waals surface area contributed by atoms with Crippen molar-refractivity contribution in [3.8, 4) is 22.6 Å². The minimum atomic E-state index is -4.64. The zero-order chi connectivity index (χ0) is 27.4. The number of carbonyl (C=O) groups excluding carboxylic acids is 1. The lowest BCUT2D eigenvalue weighted by molar-refractivity contribution is -0.137. The second-order valence-corrected chi connectivity index (χ2v) is 9.18. The lowest BCUT2D eigenvalue weighted by Gasteiger charge is -2.35. The summed E-state index contributed by atoms with van der Waals surface area (Å²) >= 11 is 0. The molecule has 1 aromatic heterocycles. The maximum Gasteiger partial charge on any atom is 0.416 e. The summed E-state index contributed by atoms with van der Waals surface area (Å²) < 4.78 is 66.2. The smallest absolute Gasteiger partial charge is 0.416 e. The molecule has 1 aliphatic heterocycles. The topological polar surface area (TPSA) is 83.7 Å². The summed E-state index contributed by atoms with van der Waals surface area (Å²) in [6, 6.07) is 8.46. The third kappa shape index (κ3) is 6.71. The van der Waals surface area contributed by atoms with E-state index < -0.39 is 29.9 Å². The molecule has 0 radical (unpaired) electrons. The number of halogens is 4. The Labute approximate surface area is 216 Å². The summed E-state index contributed by atoms with van der Waals surface area (Å²) in [5.41, 5.74) is -0.499. The first-order valence-electron chi connectivity index (χ1n) is 12.0. The second-order valence-electron chi connectivity index (χ2n) is 9.18. The van der Waals surface area contributed by atoms with Gasteiger partial charge in [0.1, 0.15) is 17.3 Å². The molecule has 2 heterocycles. The molecule has 1 aliphatic rings. The van der Waals surface area contributed by atoms with Crippen molar-refractivity contribution in [1.82, 2.24) is 9.88 Å². The maximum absolute atomic E-state index is 14.9. The Hall–Kier alpha value is -3.86. The number of H-pyrrole nitrogens is 1. The largest absolute Gasteiger partial charge is 0.493 e. The van der Waals surface area contributed by atoms with Gasteiger partial charge in [0.25, 0.3) is 5.56 Å². The molecule has 0 aliphatic carbocycles. The number of anilines is 1. The van der Waals surface area contributed by atoms with E-state index in [0.29, 0.717) is 17.7 Å². The van der Waals surface area contributed by atoms with Crippen molar-refractivity contribution >= 4 is 11.6 Å². The van der Waals surface area contributed by atoms with Crippen molar-refractivity contribution in [3.05, 3.63) is 76.0 Å². The van der Waals surface area contributed by atoms with Crippen LogP contribution < -0.4 is 20.3 Å². The number of hydrogen-bond donors (Lipinski definition) is 2. The molecule has 1 fully saturated rings. The van der Waals surface area contributed by atoms with Crippen LogP contribution in [-0.2, 0) is 17.4 Å². The van der Waals surface area contributed by atoms with Crippen molar-refractivity contribution in [1.29, 1.82) is 0 Å². The van der Waals surface area contributed by atoms with Crippen molar-refractivity contribution in [2.24, 2.45) is 5.92 Å². The number of pyridine rings is 1. The number of hydrogen-bond acceptors (Lipinski definition) is 5. The molecular weight excluding hydrogens is 506 g/mol. The van der Waals surface area contributed by atoms with Gasteiger partial charge in [-0.25, -0.2) is 4.39 Å². The number of nitrogens with zero attached hydrogens (tertiary/aromatic N) is 1. The molecule has 202 valence electrons. The molecule has 0 spiro atoms. The predicted octanol–water partition coefficient (Wildman–Crippen LogP) is 4.72. The standard InChI is InChI=1S/C27H27F4N3O4/c1-3-37-24-11-25(35)32-12-22(24)17-4-5-18(23(28)6-17)7-26(36)33-20-8-19(27(29,30)31)9-21(10-20)38-15-16-13-34(2)14-16/h4-6,8-12,16H,3,7,13-15H2,1-2H3,(H,32,35)(H,33,36). The zero-order valence-electron chi connectivity index (χ0n) is 20.8. The molecule has 38 heavy (non-hydrogen) atoms. The summed E-state index contributed by atoms with van der Waals surface area (Å²) in [5.74, 6) is -0.884. The van der Waals surface area contributed by atoms with Crippen LogP contribution in [0.1, 0.15) is 18.1 Å². The SMILES string of the molecule is CCOc1cc(=O)[nH]cc1-c1ccc(CC(=O)Nc2cc(OCC3CN(C)C3)cc(C(F)(F)F)c2)c(F)c1. The lowest BCUT2D eigenvalue weighted by atomic mass is 10.0. The number of aromatic amines is 1. The van der Waals surface area contributed by atoms with Gasteiger partial charge >= 0.3 is 6.18 Å². The number of likely N-dealkylation sites (tertiary alicyclic amines) is 1. The van der Waals surface area contributed by atoms with Gasteiger partial charge < -0.3 is 24.7 Å². The number of carbonyl (C=O) groups is 1. The summed E-state index contributed by atoms with van der Waals surface area (Å²) in [5, 5.41) is 2.42. The van der Waals surface area contributed by atoms with Gasteiger partial charge in [-0.15, -0.1) is 0 Å². The highest BCUT2D eigenvalue weighted by molar-refractivity contribution is 5.92. The Morgan fingerprint density at radius 1 is 1.13 bits per heavy atom. The number of nitrogens with one attached hydrogen (secondary N) is 2. The second kappa shape index (κ2) is 11.3. The van der Waals surface area contributed by atoms with Gasteiger partial charge in [0.2, 0.25) is 5.91 Å². The van der Waals surface area contributed by atoms with Crippen LogP contribution in [0.2, 0.25) is 0 Å². The summed E-state index contributed by atoms with van der Waals surface area (Å²) in [4.78, 5) is 28.8. The first-order chi connectivity index (χ1) is 18.0. The summed E-state index contributed by atoms with van der Waals surface area (Å²) in [6.45, 7) is 3.90. The summed E-state index contributed by atoms with van der Waals surface area (Å²) in [6.07, 6.45) is -3.64. The fourth-order valence-corrected chi connectivity index (χ4v) is 4.26. The van der Waals surface area contributed by atoms with Crippen LogP contribution in [0.25, 0.3) is 11.1 Å². The van der Waals surface area contributed by atoms with Crippen LogP contribution in [-0.4, -0.2) is 49.1 Å². The number of benzene rings is 2. The molecular formula is C27H27F4N3O4. The van der Waals surface area contributed by atoms with Crippen molar-refractivity contribution in [2.45, 2.75) is 19.5 Å². The van der Waals surface area contributed by atoms with Gasteiger partial charge in [-0.1, -0.05) is 12.1 Å². The van der Waals surface area contributed by atoms with Gasteiger partial charge in [-0.2, -0.15) is 13.2 Å². The molecule has 4 rings (SSSR count). The number of aromatic nitrogens is 1. The Bertz CT molecular complexity index is 1370. The Balaban J connectivity index is 1.48. The molecule has 0 unspecified atom stereocenters. The van der Waals surface area contributed by atoms with Crippen molar-refractivity contribution in [3.63, 3.8) is 0 Å². The normalized spacial score (nSPS) is 14.2. The van der Waals surface area contributed by atoms with Crippen LogP contribution >= 0.6 is 0 Å². The van der Waals surface area contributed by atoms with E-state index in [2.05, 4.69) is 15.2 Å². The van der Waals surface area contributed by atoms with Crippen LogP contribution in [0.4, 0.5) is 23.2 Å².